The molecule has 0 unspecified atom stereocenters. The molecule has 4 rings (SSSR count). The molecular formula is C15H22F2O2. The summed E-state index contributed by atoms with van der Waals surface area (Å²) >= 11 is 0. The van der Waals surface area contributed by atoms with Gasteiger partial charge in [-0.15, -0.1) is 0 Å². The number of esters is 1. The zero-order valence-corrected chi connectivity index (χ0v) is 11.5. The average Bonchev–Trinajstić information content (AvgIpc) is 2.25. The highest BCUT2D eigenvalue weighted by Crippen LogP contribution is 2.57. The maximum atomic E-state index is 13.3. The minimum atomic E-state index is -2.92. The molecule has 4 saturated carbocycles. The van der Waals surface area contributed by atoms with E-state index in [1.54, 1.807) is 0 Å². The van der Waals surface area contributed by atoms with Gasteiger partial charge in [0.1, 0.15) is 12.0 Å². The maximum absolute atomic E-state index is 13.3. The lowest BCUT2D eigenvalue weighted by atomic mass is 9.54. The van der Waals surface area contributed by atoms with E-state index in [2.05, 4.69) is 0 Å². The predicted molar refractivity (Wildman–Crippen MR) is 66.9 cm³/mol. The van der Waals surface area contributed by atoms with Crippen LogP contribution >= 0.6 is 0 Å². The highest BCUT2D eigenvalue weighted by molar-refractivity contribution is 5.71. The fourth-order valence-electron chi connectivity index (χ4n) is 4.77. The Hall–Kier alpha value is -0.670. The van der Waals surface area contributed by atoms with Crippen LogP contribution in [0.25, 0.3) is 0 Å². The van der Waals surface area contributed by atoms with Gasteiger partial charge in [-0.2, -0.15) is 0 Å². The number of rotatable bonds is 4. The number of halogens is 2. The van der Waals surface area contributed by atoms with Crippen LogP contribution in [0.15, 0.2) is 0 Å². The van der Waals surface area contributed by atoms with Gasteiger partial charge in [0.25, 0.3) is 5.92 Å². The maximum Gasteiger partial charge on any atom is 0.312 e. The van der Waals surface area contributed by atoms with Crippen molar-refractivity contribution in [3.8, 4) is 0 Å². The molecule has 0 aromatic rings. The normalized spacial score (nSPS) is 40.5. The second-order valence-electron chi connectivity index (χ2n) is 6.96. The van der Waals surface area contributed by atoms with Crippen LogP contribution in [-0.2, 0) is 9.53 Å². The van der Waals surface area contributed by atoms with E-state index in [0.29, 0.717) is 17.8 Å². The van der Waals surface area contributed by atoms with Crippen molar-refractivity contribution in [1.29, 1.82) is 0 Å². The van der Waals surface area contributed by atoms with E-state index in [4.69, 9.17) is 4.74 Å². The first kappa shape index (κ1) is 13.3. The highest BCUT2D eigenvalue weighted by Gasteiger charge is 2.53. The van der Waals surface area contributed by atoms with Crippen molar-refractivity contribution in [3.05, 3.63) is 0 Å². The van der Waals surface area contributed by atoms with Crippen LogP contribution in [0, 0.1) is 17.8 Å². The molecule has 0 saturated heterocycles. The standard InChI is InChI=1S/C15H22F2O2/c1-2-15(16,17)9-13(18)19-14-6-10-3-11(7-14)5-12(4-10)8-14/h10-12H,2-9H2,1H3. The molecule has 0 aromatic carbocycles. The van der Waals surface area contributed by atoms with Crippen LogP contribution in [0.5, 0.6) is 0 Å². The molecule has 0 spiro atoms. The minimum absolute atomic E-state index is 0.303. The Bertz CT molecular complexity index is 343. The summed E-state index contributed by atoms with van der Waals surface area (Å²) in [5, 5.41) is 0. The van der Waals surface area contributed by atoms with E-state index in [9.17, 15) is 13.6 Å². The van der Waals surface area contributed by atoms with Crippen molar-refractivity contribution < 1.29 is 18.3 Å². The van der Waals surface area contributed by atoms with E-state index < -0.39 is 23.9 Å². The van der Waals surface area contributed by atoms with E-state index >= 15 is 0 Å². The van der Waals surface area contributed by atoms with Gasteiger partial charge in [-0.05, 0) is 56.3 Å². The zero-order chi connectivity index (χ0) is 13.7. The first-order chi connectivity index (χ1) is 8.90. The summed E-state index contributed by atoms with van der Waals surface area (Å²) in [6.07, 6.45) is 5.41. The lowest BCUT2D eigenvalue weighted by molar-refractivity contribution is -0.192. The summed E-state index contributed by atoms with van der Waals surface area (Å²) in [6, 6.07) is 0. The molecular weight excluding hydrogens is 250 g/mol. The third kappa shape index (κ3) is 2.63. The van der Waals surface area contributed by atoms with Crippen LogP contribution in [0.2, 0.25) is 0 Å². The van der Waals surface area contributed by atoms with Crippen LogP contribution in [0.1, 0.15) is 58.3 Å². The topological polar surface area (TPSA) is 26.3 Å². The van der Waals surface area contributed by atoms with Crippen molar-refractivity contribution in [1.82, 2.24) is 0 Å². The Morgan fingerprint density at radius 2 is 1.63 bits per heavy atom. The monoisotopic (exact) mass is 272 g/mol. The van der Waals surface area contributed by atoms with Crippen LogP contribution in [0.4, 0.5) is 8.78 Å². The van der Waals surface area contributed by atoms with E-state index in [0.717, 1.165) is 19.3 Å². The SMILES string of the molecule is CCC(F)(F)CC(=O)OC12CC3CC(CC(C3)C1)C2. The molecule has 0 radical (unpaired) electrons. The Morgan fingerprint density at radius 1 is 1.16 bits per heavy atom. The second kappa shape index (κ2) is 4.42. The van der Waals surface area contributed by atoms with Gasteiger partial charge in [0.2, 0.25) is 0 Å². The quantitative estimate of drug-likeness (QED) is 0.725. The molecule has 4 heteroatoms. The Labute approximate surface area is 112 Å². The summed E-state index contributed by atoms with van der Waals surface area (Å²) in [7, 11) is 0. The second-order valence-corrected chi connectivity index (χ2v) is 6.96. The van der Waals surface area contributed by atoms with Crippen molar-refractivity contribution in [2.75, 3.05) is 0 Å². The molecule has 0 heterocycles. The highest BCUT2D eigenvalue weighted by atomic mass is 19.3. The van der Waals surface area contributed by atoms with E-state index in [-0.39, 0.29) is 6.42 Å². The fourth-order valence-corrected chi connectivity index (χ4v) is 4.77. The summed E-state index contributed by atoms with van der Waals surface area (Å²) in [5.41, 5.74) is -0.393. The predicted octanol–water partition coefficient (Wildman–Crippen LogP) is 3.93. The van der Waals surface area contributed by atoms with Crippen LogP contribution in [-0.4, -0.2) is 17.5 Å². The van der Waals surface area contributed by atoms with E-state index in [1.807, 2.05) is 0 Å². The van der Waals surface area contributed by atoms with Crippen molar-refractivity contribution in [2.45, 2.75) is 69.8 Å². The van der Waals surface area contributed by atoms with Gasteiger partial charge in [0.15, 0.2) is 0 Å². The first-order valence-corrected chi connectivity index (χ1v) is 7.49. The molecule has 4 fully saturated rings. The third-order valence-electron chi connectivity index (χ3n) is 5.23. The van der Waals surface area contributed by atoms with Crippen LogP contribution < -0.4 is 0 Å². The molecule has 19 heavy (non-hydrogen) atoms. The van der Waals surface area contributed by atoms with Crippen molar-refractivity contribution in [2.24, 2.45) is 17.8 Å². The molecule has 108 valence electrons. The number of ether oxygens (including phenoxy) is 1. The third-order valence-corrected chi connectivity index (χ3v) is 5.23. The molecule has 0 amide bonds. The Kier molecular flexibility index (Phi) is 3.10. The molecule has 0 aliphatic heterocycles. The summed E-state index contributed by atoms with van der Waals surface area (Å²) in [5.74, 6) is -1.64. The van der Waals surface area contributed by atoms with E-state index in [1.165, 1.54) is 26.2 Å². The van der Waals surface area contributed by atoms with Gasteiger partial charge in [0, 0.05) is 6.42 Å². The molecule has 4 bridgehead atoms. The van der Waals surface area contributed by atoms with Gasteiger partial charge in [-0.25, -0.2) is 8.78 Å². The lowest BCUT2D eigenvalue weighted by Gasteiger charge is -2.55. The van der Waals surface area contributed by atoms with Gasteiger partial charge < -0.3 is 4.74 Å². The molecule has 4 aliphatic carbocycles. The number of hydrogen-bond donors (Lipinski definition) is 0. The average molecular weight is 272 g/mol. The van der Waals surface area contributed by atoms with Crippen molar-refractivity contribution >= 4 is 5.97 Å². The first-order valence-electron chi connectivity index (χ1n) is 7.49. The zero-order valence-electron chi connectivity index (χ0n) is 11.5. The molecule has 0 N–H and O–H groups in total. The fraction of sp³-hybridized carbons (Fsp3) is 0.933. The van der Waals surface area contributed by atoms with Crippen LogP contribution in [0.3, 0.4) is 0 Å². The molecule has 0 aromatic heterocycles. The number of carbonyl (C=O) groups is 1. The van der Waals surface area contributed by atoms with Gasteiger partial charge in [0.05, 0.1) is 0 Å². The largest absolute Gasteiger partial charge is 0.459 e. The molecule has 2 nitrogen and oxygen atoms in total. The molecule has 0 atom stereocenters. The summed E-state index contributed by atoms with van der Waals surface area (Å²) in [4.78, 5) is 11.8. The van der Waals surface area contributed by atoms with Crippen molar-refractivity contribution in [3.63, 3.8) is 0 Å². The Morgan fingerprint density at radius 3 is 2.05 bits per heavy atom. The summed E-state index contributed by atoms with van der Waals surface area (Å²) < 4.78 is 32.1. The number of alkyl halides is 2. The molecule has 4 aliphatic rings. The number of hydrogen-bond acceptors (Lipinski definition) is 2. The Balaban J connectivity index is 1.65. The van der Waals surface area contributed by atoms with Gasteiger partial charge in [-0.1, -0.05) is 6.92 Å². The summed E-state index contributed by atoms with van der Waals surface area (Å²) in [6.45, 7) is 1.40. The van der Waals surface area contributed by atoms with Gasteiger partial charge >= 0.3 is 5.97 Å². The van der Waals surface area contributed by atoms with Gasteiger partial charge in [-0.3, -0.25) is 4.79 Å². The number of carbonyl (C=O) groups excluding carboxylic acids is 1. The lowest BCUT2D eigenvalue weighted by Crippen LogP contribution is -2.53. The smallest absolute Gasteiger partial charge is 0.312 e. The minimum Gasteiger partial charge on any atom is -0.459 e.